The third-order valence-corrected chi connectivity index (χ3v) is 2.13. The molecular weight excluding hydrogens is 204 g/mol. The Labute approximate surface area is 96.4 Å². The molecule has 0 heterocycles. The fourth-order valence-corrected chi connectivity index (χ4v) is 1.35. The van der Waals surface area contributed by atoms with Gasteiger partial charge in [0.15, 0.2) is 6.29 Å². The van der Waals surface area contributed by atoms with Crippen molar-refractivity contribution in [3.63, 3.8) is 0 Å². The molecule has 0 amide bonds. The zero-order valence-electron chi connectivity index (χ0n) is 9.86. The van der Waals surface area contributed by atoms with Crippen LogP contribution in [0.2, 0.25) is 0 Å². The van der Waals surface area contributed by atoms with Crippen molar-refractivity contribution < 1.29 is 14.3 Å². The highest BCUT2D eigenvalue weighted by atomic mass is 16.5. The van der Waals surface area contributed by atoms with Crippen molar-refractivity contribution in [1.29, 1.82) is 0 Å². The standard InChI is InChI=1S/C13H18O3/c1-3-6-15-7-8-16-13-5-4-11(2)9-12(13)10-14/h4-5,9-10H,3,6-8H2,1-2H3. The minimum absolute atomic E-state index is 0.476. The molecule has 0 spiro atoms. The van der Waals surface area contributed by atoms with Crippen LogP contribution in [0, 0.1) is 6.92 Å². The van der Waals surface area contributed by atoms with Gasteiger partial charge in [0.2, 0.25) is 0 Å². The Bertz CT molecular complexity index is 334. The minimum Gasteiger partial charge on any atom is -0.490 e. The van der Waals surface area contributed by atoms with Crippen LogP contribution in [0.1, 0.15) is 29.3 Å². The molecule has 3 heteroatoms. The summed E-state index contributed by atoms with van der Waals surface area (Å²) < 4.78 is 10.8. The van der Waals surface area contributed by atoms with Gasteiger partial charge in [0.1, 0.15) is 12.4 Å². The normalized spacial score (nSPS) is 10.1. The second kappa shape index (κ2) is 7.01. The summed E-state index contributed by atoms with van der Waals surface area (Å²) in [6.07, 6.45) is 1.82. The van der Waals surface area contributed by atoms with Crippen molar-refractivity contribution in [1.82, 2.24) is 0 Å². The molecule has 0 saturated carbocycles. The maximum absolute atomic E-state index is 10.8. The SMILES string of the molecule is CCCOCCOc1ccc(C)cc1C=O. The van der Waals surface area contributed by atoms with E-state index in [0.29, 0.717) is 24.5 Å². The Kier molecular flexibility index (Phi) is 5.57. The average molecular weight is 222 g/mol. The first-order valence-electron chi connectivity index (χ1n) is 5.54. The largest absolute Gasteiger partial charge is 0.490 e. The van der Waals surface area contributed by atoms with Crippen LogP contribution in [0.5, 0.6) is 5.75 Å². The molecule has 0 aliphatic rings. The van der Waals surface area contributed by atoms with Crippen LogP contribution in [0.25, 0.3) is 0 Å². The molecule has 0 fully saturated rings. The van der Waals surface area contributed by atoms with Crippen molar-refractivity contribution in [2.45, 2.75) is 20.3 Å². The van der Waals surface area contributed by atoms with E-state index in [1.165, 1.54) is 0 Å². The minimum atomic E-state index is 0.476. The second-order valence-electron chi connectivity index (χ2n) is 3.62. The molecule has 1 aromatic carbocycles. The summed E-state index contributed by atoms with van der Waals surface area (Å²) in [5.74, 6) is 0.626. The zero-order valence-corrected chi connectivity index (χ0v) is 9.86. The van der Waals surface area contributed by atoms with Crippen LogP contribution >= 0.6 is 0 Å². The fourth-order valence-electron chi connectivity index (χ4n) is 1.35. The number of aldehydes is 1. The summed E-state index contributed by atoms with van der Waals surface area (Å²) in [6, 6.07) is 5.56. The number of rotatable bonds is 7. The molecule has 0 aliphatic heterocycles. The summed E-state index contributed by atoms with van der Waals surface area (Å²) in [6.45, 7) is 5.79. The van der Waals surface area contributed by atoms with Gasteiger partial charge in [-0.3, -0.25) is 4.79 Å². The molecule has 0 N–H and O–H groups in total. The highest BCUT2D eigenvalue weighted by molar-refractivity contribution is 5.79. The predicted octanol–water partition coefficient (Wildman–Crippen LogP) is 2.61. The first kappa shape index (κ1) is 12.7. The van der Waals surface area contributed by atoms with Gasteiger partial charge >= 0.3 is 0 Å². The van der Waals surface area contributed by atoms with Crippen LogP contribution < -0.4 is 4.74 Å². The van der Waals surface area contributed by atoms with Crippen LogP contribution in [-0.4, -0.2) is 26.1 Å². The third-order valence-electron chi connectivity index (χ3n) is 2.13. The number of benzene rings is 1. The van der Waals surface area contributed by atoms with E-state index in [2.05, 4.69) is 6.92 Å². The van der Waals surface area contributed by atoms with Crippen LogP contribution in [0.4, 0.5) is 0 Å². The molecule has 0 radical (unpaired) electrons. The van der Waals surface area contributed by atoms with E-state index in [-0.39, 0.29) is 0 Å². The molecule has 1 aromatic rings. The van der Waals surface area contributed by atoms with Crippen LogP contribution in [0.3, 0.4) is 0 Å². The van der Waals surface area contributed by atoms with E-state index >= 15 is 0 Å². The van der Waals surface area contributed by atoms with E-state index in [9.17, 15) is 4.79 Å². The van der Waals surface area contributed by atoms with Gasteiger partial charge in [-0.25, -0.2) is 0 Å². The van der Waals surface area contributed by atoms with Crippen LogP contribution in [0.15, 0.2) is 18.2 Å². The Morgan fingerprint density at radius 3 is 2.75 bits per heavy atom. The maximum Gasteiger partial charge on any atom is 0.153 e. The Hall–Kier alpha value is -1.35. The summed E-state index contributed by atoms with van der Waals surface area (Å²) in [7, 11) is 0. The first-order chi connectivity index (χ1) is 7.77. The monoisotopic (exact) mass is 222 g/mol. The number of carbonyl (C=O) groups excluding carboxylic acids is 1. The molecule has 0 aliphatic carbocycles. The number of hydrogen-bond acceptors (Lipinski definition) is 3. The van der Waals surface area contributed by atoms with Gasteiger partial charge in [-0.2, -0.15) is 0 Å². The molecule has 0 aromatic heterocycles. The van der Waals surface area contributed by atoms with Crippen molar-refractivity contribution in [3.8, 4) is 5.75 Å². The Balaban J connectivity index is 2.44. The second-order valence-corrected chi connectivity index (χ2v) is 3.62. The van der Waals surface area contributed by atoms with Crippen molar-refractivity contribution in [3.05, 3.63) is 29.3 Å². The lowest BCUT2D eigenvalue weighted by atomic mass is 10.1. The Morgan fingerprint density at radius 1 is 1.25 bits per heavy atom. The van der Waals surface area contributed by atoms with Gasteiger partial charge in [-0.1, -0.05) is 18.6 Å². The van der Waals surface area contributed by atoms with Gasteiger partial charge in [0, 0.05) is 6.61 Å². The van der Waals surface area contributed by atoms with Gasteiger partial charge in [-0.15, -0.1) is 0 Å². The van der Waals surface area contributed by atoms with Gasteiger partial charge in [0.05, 0.1) is 12.2 Å². The highest BCUT2D eigenvalue weighted by Gasteiger charge is 2.02. The van der Waals surface area contributed by atoms with E-state index < -0.39 is 0 Å². The smallest absolute Gasteiger partial charge is 0.153 e. The lowest BCUT2D eigenvalue weighted by Crippen LogP contribution is -2.08. The third kappa shape index (κ3) is 4.03. The maximum atomic E-state index is 10.8. The first-order valence-corrected chi connectivity index (χ1v) is 5.54. The topological polar surface area (TPSA) is 35.5 Å². The van der Waals surface area contributed by atoms with Gasteiger partial charge < -0.3 is 9.47 Å². The molecule has 0 saturated heterocycles. The fraction of sp³-hybridized carbons (Fsp3) is 0.462. The average Bonchev–Trinajstić information content (AvgIpc) is 2.30. The van der Waals surface area contributed by atoms with E-state index in [0.717, 1.165) is 24.9 Å². The van der Waals surface area contributed by atoms with E-state index in [1.54, 1.807) is 0 Å². The van der Waals surface area contributed by atoms with Gasteiger partial charge in [0.25, 0.3) is 0 Å². The van der Waals surface area contributed by atoms with Crippen molar-refractivity contribution >= 4 is 6.29 Å². The summed E-state index contributed by atoms with van der Waals surface area (Å²) >= 11 is 0. The summed E-state index contributed by atoms with van der Waals surface area (Å²) in [5, 5.41) is 0. The number of hydrogen-bond donors (Lipinski definition) is 0. The number of carbonyl (C=O) groups is 1. The molecular formula is C13H18O3. The zero-order chi connectivity index (χ0) is 11.8. The molecule has 1 rings (SSSR count). The number of aryl methyl sites for hydroxylation is 1. The lowest BCUT2D eigenvalue weighted by molar-refractivity contribution is 0.0992. The molecule has 16 heavy (non-hydrogen) atoms. The lowest BCUT2D eigenvalue weighted by Gasteiger charge is -2.09. The van der Waals surface area contributed by atoms with Crippen molar-refractivity contribution in [2.75, 3.05) is 19.8 Å². The van der Waals surface area contributed by atoms with E-state index in [4.69, 9.17) is 9.47 Å². The highest BCUT2D eigenvalue weighted by Crippen LogP contribution is 2.17. The van der Waals surface area contributed by atoms with Gasteiger partial charge in [-0.05, 0) is 25.5 Å². The molecule has 3 nitrogen and oxygen atoms in total. The summed E-state index contributed by atoms with van der Waals surface area (Å²) in [5.41, 5.74) is 1.65. The van der Waals surface area contributed by atoms with E-state index in [1.807, 2.05) is 25.1 Å². The van der Waals surface area contributed by atoms with Crippen LogP contribution in [-0.2, 0) is 4.74 Å². The molecule has 88 valence electrons. The Morgan fingerprint density at radius 2 is 2.06 bits per heavy atom. The quantitative estimate of drug-likeness (QED) is 0.525. The molecule has 0 atom stereocenters. The number of ether oxygens (including phenoxy) is 2. The van der Waals surface area contributed by atoms with Crippen molar-refractivity contribution in [2.24, 2.45) is 0 Å². The molecule has 0 bridgehead atoms. The molecule has 0 unspecified atom stereocenters. The summed E-state index contributed by atoms with van der Waals surface area (Å²) in [4.78, 5) is 10.8. The predicted molar refractivity (Wildman–Crippen MR) is 63.2 cm³/mol.